The van der Waals surface area contributed by atoms with E-state index in [2.05, 4.69) is 25.6 Å². The summed E-state index contributed by atoms with van der Waals surface area (Å²) >= 11 is 1.58. The molecule has 1 N–H and O–H groups in total. The van der Waals surface area contributed by atoms with Gasteiger partial charge in [0.25, 0.3) is 0 Å². The number of rotatable bonds is 6. The molecule has 3 aromatic rings. The van der Waals surface area contributed by atoms with Crippen LogP contribution in [0.15, 0.2) is 36.0 Å². The van der Waals surface area contributed by atoms with Crippen molar-refractivity contribution in [3.05, 3.63) is 41.8 Å². The summed E-state index contributed by atoms with van der Waals surface area (Å²) in [5, 5.41) is 6.68. The van der Waals surface area contributed by atoms with E-state index in [1.807, 2.05) is 0 Å². The Balaban J connectivity index is 1.42. The van der Waals surface area contributed by atoms with Crippen molar-refractivity contribution in [3.8, 4) is 11.1 Å². The molecule has 4 heterocycles. The minimum Gasteiger partial charge on any atom is -0.381 e. The number of nitrogens with one attached hydrogen (secondary N) is 1. The predicted molar refractivity (Wildman–Crippen MR) is 116 cm³/mol. The van der Waals surface area contributed by atoms with E-state index in [9.17, 15) is 4.39 Å². The summed E-state index contributed by atoms with van der Waals surface area (Å²) in [6.45, 7) is 5.88. The summed E-state index contributed by atoms with van der Waals surface area (Å²) in [7, 11) is 0. The smallest absolute Gasteiger partial charge is 0.138 e. The lowest BCUT2D eigenvalue weighted by atomic mass is 9.96. The average Bonchev–Trinajstić information content (AvgIpc) is 3.46. The van der Waals surface area contributed by atoms with Crippen molar-refractivity contribution in [2.45, 2.75) is 12.5 Å². The number of hydrogen-bond donors (Lipinski definition) is 1. The number of ether oxygens (including phenoxy) is 2. The Morgan fingerprint density at radius 2 is 1.97 bits per heavy atom. The van der Waals surface area contributed by atoms with Gasteiger partial charge in [0.15, 0.2) is 0 Å². The molecular weight excluding hydrogens is 403 g/mol. The van der Waals surface area contributed by atoms with Crippen molar-refractivity contribution in [2.75, 3.05) is 51.4 Å². The number of hydrogen-bond acceptors (Lipinski definition) is 7. The molecule has 0 saturated carbocycles. The standard InChI is InChI=1S/C22H25FN4O2S/c23-17-3-1-15(2-4-17)18-13-30-22-20(18)21(25-14-26-22)24-11-19(16-5-8-29-12-16)27-6-9-28-10-7-27/h1-4,13-14,16,19H,5-12H2,(H,24,25,26)/t16-,19+/m1/s1. The van der Waals surface area contributed by atoms with Gasteiger partial charge in [0, 0.05) is 49.1 Å². The highest BCUT2D eigenvalue weighted by Crippen LogP contribution is 2.36. The van der Waals surface area contributed by atoms with Gasteiger partial charge in [-0.25, -0.2) is 14.4 Å². The second-order valence-electron chi connectivity index (χ2n) is 7.78. The van der Waals surface area contributed by atoms with Crippen molar-refractivity contribution < 1.29 is 13.9 Å². The Morgan fingerprint density at radius 3 is 2.73 bits per heavy atom. The van der Waals surface area contributed by atoms with Crippen LogP contribution < -0.4 is 5.32 Å². The largest absolute Gasteiger partial charge is 0.381 e. The topological polar surface area (TPSA) is 59.5 Å². The Morgan fingerprint density at radius 1 is 1.13 bits per heavy atom. The molecule has 2 aromatic heterocycles. The Kier molecular flexibility index (Phi) is 5.90. The summed E-state index contributed by atoms with van der Waals surface area (Å²) in [5.74, 6) is 1.10. The number of fused-ring (bicyclic) bond motifs is 1. The fourth-order valence-electron chi connectivity index (χ4n) is 4.41. The summed E-state index contributed by atoms with van der Waals surface area (Å²) in [6.07, 6.45) is 2.69. The van der Waals surface area contributed by atoms with Gasteiger partial charge in [-0.2, -0.15) is 0 Å². The zero-order chi connectivity index (χ0) is 20.3. The van der Waals surface area contributed by atoms with Crippen LogP contribution in [-0.4, -0.2) is 67.0 Å². The van der Waals surface area contributed by atoms with E-state index < -0.39 is 0 Å². The minimum atomic E-state index is -0.236. The first-order valence-electron chi connectivity index (χ1n) is 10.4. The highest BCUT2D eigenvalue weighted by molar-refractivity contribution is 7.17. The van der Waals surface area contributed by atoms with Gasteiger partial charge < -0.3 is 14.8 Å². The maximum Gasteiger partial charge on any atom is 0.138 e. The van der Waals surface area contributed by atoms with Crippen molar-refractivity contribution in [2.24, 2.45) is 5.92 Å². The summed E-state index contributed by atoms with van der Waals surface area (Å²) in [6, 6.07) is 6.96. The van der Waals surface area contributed by atoms with Crippen LogP contribution in [0.4, 0.5) is 10.2 Å². The third-order valence-corrected chi connectivity index (χ3v) is 6.91. The van der Waals surface area contributed by atoms with E-state index in [0.29, 0.717) is 12.0 Å². The highest BCUT2D eigenvalue weighted by Gasteiger charge is 2.31. The summed E-state index contributed by atoms with van der Waals surface area (Å²) < 4.78 is 24.6. The quantitative estimate of drug-likeness (QED) is 0.647. The molecule has 158 valence electrons. The van der Waals surface area contributed by atoms with Crippen LogP contribution in [0.1, 0.15) is 6.42 Å². The normalized spacial score (nSPS) is 21.2. The molecule has 2 fully saturated rings. The van der Waals surface area contributed by atoms with Crippen LogP contribution in [0, 0.1) is 11.7 Å². The molecule has 0 unspecified atom stereocenters. The predicted octanol–water partition coefficient (Wildman–Crippen LogP) is 3.65. The van der Waals surface area contributed by atoms with E-state index in [4.69, 9.17) is 9.47 Å². The van der Waals surface area contributed by atoms with Gasteiger partial charge in [-0.15, -0.1) is 11.3 Å². The zero-order valence-electron chi connectivity index (χ0n) is 16.7. The average molecular weight is 429 g/mol. The van der Waals surface area contributed by atoms with Gasteiger partial charge in [-0.05, 0) is 24.1 Å². The number of halogens is 1. The van der Waals surface area contributed by atoms with Crippen molar-refractivity contribution in [1.82, 2.24) is 14.9 Å². The molecule has 0 radical (unpaired) electrons. The van der Waals surface area contributed by atoms with Crippen LogP contribution in [0.3, 0.4) is 0 Å². The molecule has 0 bridgehead atoms. The molecule has 2 aliphatic rings. The SMILES string of the molecule is Fc1ccc(-c2csc3ncnc(NC[C@@H]([C@@H]4CCOC4)N4CCOCC4)c23)cc1. The van der Waals surface area contributed by atoms with E-state index in [1.165, 1.54) is 12.1 Å². The number of aromatic nitrogens is 2. The van der Waals surface area contributed by atoms with E-state index in [0.717, 1.165) is 79.6 Å². The van der Waals surface area contributed by atoms with E-state index in [1.54, 1.807) is 29.8 Å². The zero-order valence-corrected chi connectivity index (χ0v) is 17.5. The Labute approximate surface area is 179 Å². The lowest BCUT2D eigenvalue weighted by Gasteiger charge is -2.37. The van der Waals surface area contributed by atoms with Gasteiger partial charge in [0.05, 0.1) is 25.2 Å². The third-order valence-electron chi connectivity index (χ3n) is 6.03. The molecule has 6 nitrogen and oxygen atoms in total. The first-order chi connectivity index (χ1) is 14.8. The maximum absolute atomic E-state index is 13.4. The van der Waals surface area contributed by atoms with Gasteiger partial charge >= 0.3 is 0 Å². The molecule has 30 heavy (non-hydrogen) atoms. The first-order valence-corrected chi connectivity index (χ1v) is 11.3. The monoisotopic (exact) mass is 428 g/mol. The first kappa shape index (κ1) is 19.8. The van der Waals surface area contributed by atoms with Crippen LogP contribution in [0.25, 0.3) is 21.3 Å². The summed E-state index contributed by atoms with van der Waals surface area (Å²) in [5.41, 5.74) is 2.00. The molecule has 0 amide bonds. The Bertz CT molecular complexity index is 984. The lowest BCUT2D eigenvalue weighted by Crippen LogP contribution is -2.50. The number of benzene rings is 1. The maximum atomic E-state index is 13.4. The molecule has 0 aliphatic carbocycles. The minimum absolute atomic E-state index is 0.236. The van der Waals surface area contributed by atoms with Crippen molar-refractivity contribution in [3.63, 3.8) is 0 Å². The van der Waals surface area contributed by atoms with Gasteiger partial charge in [-0.3, -0.25) is 4.90 Å². The molecule has 0 spiro atoms. The van der Waals surface area contributed by atoms with Crippen molar-refractivity contribution >= 4 is 27.4 Å². The second kappa shape index (κ2) is 8.93. The van der Waals surface area contributed by atoms with Crippen LogP contribution in [-0.2, 0) is 9.47 Å². The fourth-order valence-corrected chi connectivity index (χ4v) is 5.33. The van der Waals surface area contributed by atoms with Gasteiger partial charge in [0.2, 0.25) is 0 Å². The van der Waals surface area contributed by atoms with E-state index >= 15 is 0 Å². The molecular formula is C22H25FN4O2S. The number of thiophene rings is 1. The molecule has 1 aromatic carbocycles. The number of morpholine rings is 1. The van der Waals surface area contributed by atoms with Crippen LogP contribution >= 0.6 is 11.3 Å². The molecule has 2 atom stereocenters. The lowest BCUT2D eigenvalue weighted by molar-refractivity contribution is 0.00460. The molecule has 8 heteroatoms. The van der Waals surface area contributed by atoms with Gasteiger partial charge in [0.1, 0.15) is 22.8 Å². The molecule has 5 rings (SSSR count). The molecule has 2 saturated heterocycles. The van der Waals surface area contributed by atoms with Gasteiger partial charge in [-0.1, -0.05) is 12.1 Å². The van der Waals surface area contributed by atoms with E-state index in [-0.39, 0.29) is 5.82 Å². The number of nitrogens with zero attached hydrogens (tertiary/aromatic N) is 3. The highest BCUT2D eigenvalue weighted by atomic mass is 32.1. The second-order valence-corrected chi connectivity index (χ2v) is 8.64. The summed E-state index contributed by atoms with van der Waals surface area (Å²) in [4.78, 5) is 12.5. The third kappa shape index (κ3) is 4.05. The van der Waals surface area contributed by atoms with Crippen molar-refractivity contribution in [1.29, 1.82) is 0 Å². The van der Waals surface area contributed by atoms with Crippen LogP contribution in [0.5, 0.6) is 0 Å². The van der Waals surface area contributed by atoms with Crippen LogP contribution in [0.2, 0.25) is 0 Å². The Hall–Kier alpha value is -2.13. The molecule has 2 aliphatic heterocycles. The fraction of sp³-hybridized carbons (Fsp3) is 0.455. The number of anilines is 1.